The third kappa shape index (κ3) is 2.97. The number of rotatable bonds is 3. The van der Waals surface area contributed by atoms with Crippen molar-refractivity contribution in [3.05, 3.63) is 23.8 Å². The summed E-state index contributed by atoms with van der Waals surface area (Å²) in [5.74, 6) is 1.10. The first kappa shape index (κ1) is 17.5. The molecule has 2 unspecified atom stereocenters. The van der Waals surface area contributed by atoms with Crippen molar-refractivity contribution in [1.29, 1.82) is 0 Å². The summed E-state index contributed by atoms with van der Waals surface area (Å²) in [5.41, 5.74) is 6.80. The summed E-state index contributed by atoms with van der Waals surface area (Å²) in [4.78, 5) is 0.360. The first-order chi connectivity index (χ1) is 10.0. The number of hydrogen-bond donors (Lipinski definition) is 1. The SMILES string of the molecule is CC1CCCN(S(=O)(=O)c2ccc3c(c2)CCO3)C1CN.Cl. The molecular formula is C15H23ClN2O3S. The van der Waals surface area contributed by atoms with Gasteiger partial charge < -0.3 is 10.5 Å². The van der Waals surface area contributed by atoms with Crippen molar-refractivity contribution in [3.63, 3.8) is 0 Å². The Hall–Kier alpha value is -0.820. The second-order valence-electron chi connectivity index (χ2n) is 5.91. The molecule has 2 heterocycles. The lowest BCUT2D eigenvalue weighted by molar-refractivity contribution is 0.192. The molecule has 2 atom stereocenters. The molecule has 0 bridgehead atoms. The van der Waals surface area contributed by atoms with Crippen molar-refractivity contribution in [2.45, 2.75) is 37.1 Å². The summed E-state index contributed by atoms with van der Waals surface area (Å²) in [6.07, 6.45) is 2.70. The summed E-state index contributed by atoms with van der Waals surface area (Å²) in [6.45, 7) is 3.64. The van der Waals surface area contributed by atoms with Crippen LogP contribution in [0.3, 0.4) is 0 Å². The van der Waals surface area contributed by atoms with E-state index in [2.05, 4.69) is 6.92 Å². The van der Waals surface area contributed by atoms with E-state index in [4.69, 9.17) is 10.5 Å². The molecule has 0 aliphatic carbocycles. The monoisotopic (exact) mass is 346 g/mol. The minimum Gasteiger partial charge on any atom is -0.493 e. The maximum atomic E-state index is 12.9. The number of nitrogens with two attached hydrogens (primary N) is 1. The Balaban J connectivity index is 0.00000176. The van der Waals surface area contributed by atoms with Crippen molar-refractivity contribution < 1.29 is 13.2 Å². The lowest BCUT2D eigenvalue weighted by Gasteiger charge is -2.38. The summed E-state index contributed by atoms with van der Waals surface area (Å²) < 4.78 is 32.9. The van der Waals surface area contributed by atoms with Gasteiger partial charge >= 0.3 is 0 Å². The van der Waals surface area contributed by atoms with Crippen LogP contribution in [0.25, 0.3) is 0 Å². The van der Waals surface area contributed by atoms with Crippen molar-refractivity contribution in [2.75, 3.05) is 19.7 Å². The molecule has 124 valence electrons. The van der Waals surface area contributed by atoms with Gasteiger partial charge in [-0.05, 0) is 42.5 Å². The van der Waals surface area contributed by atoms with E-state index in [1.54, 1.807) is 22.5 Å². The summed E-state index contributed by atoms with van der Waals surface area (Å²) in [5, 5.41) is 0. The molecule has 2 N–H and O–H groups in total. The lowest BCUT2D eigenvalue weighted by atomic mass is 9.93. The predicted molar refractivity (Wildman–Crippen MR) is 88.0 cm³/mol. The molecule has 22 heavy (non-hydrogen) atoms. The Kier molecular flexibility index (Phi) is 5.37. The number of sulfonamides is 1. The minimum atomic E-state index is -3.48. The molecule has 0 spiro atoms. The molecule has 7 heteroatoms. The quantitative estimate of drug-likeness (QED) is 0.905. The highest BCUT2D eigenvalue weighted by Gasteiger charge is 2.36. The third-order valence-corrected chi connectivity index (χ3v) is 6.49. The van der Waals surface area contributed by atoms with E-state index >= 15 is 0 Å². The van der Waals surface area contributed by atoms with Crippen LogP contribution >= 0.6 is 12.4 Å². The van der Waals surface area contributed by atoms with Crippen LogP contribution in [-0.2, 0) is 16.4 Å². The maximum Gasteiger partial charge on any atom is 0.243 e. The molecule has 3 rings (SSSR count). The van der Waals surface area contributed by atoms with E-state index in [1.807, 2.05) is 0 Å². The Bertz CT molecular complexity index is 636. The molecule has 0 saturated carbocycles. The minimum absolute atomic E-state index is 0. The highest BCUT2D eigenvalue weighted by Crippen LogP contribution is 2.32. The van der Waals surface area contributed by atoms with E-state index in [1.165, 1.54) is 0 Å². The smallest absolute Gasteiger partial charge is 0.243 e. The maximum absolute atomic E-state index is 12.9. The number of fused-ring (bicyclic) bond motifs is 1. The average Bonchev–Trinajstić information content (AvgIpc) is 2.94. The molecular weight excluding hydrogens is 324 g/mol. The highest BCUT2D eigenvalue weighted by atomic mass is 35.5. The van der Waals surface area contributed by atoms with Crippen LogP contribution in [-0.4, -0.2) is 38.5 Å². The van der Waals surface area contributed by atoms with E-state index in [9.17, 15) is 8.42 Å². The molecule has 2 aliphatic rings. The second-order valence-corrected chi connectivity index (χ2v) is 7.80. The number of ether oxygens (including phenoxy) is 1. The van der Waals surface area contributed by atoms with Gasteiger partial charge in [0, 0.05) is 25.6 Å². The van der Waals surface area contributed by atoms with Crippen molar-refractivity contribution >= 4 is 22.4 Å². The van der Waals surface area contributed by atoms with Gasteiger partial charge in [-0.25, -0.2) is 8.42 Å². The Labute approximate surface area is 138 Å². The van der Waals surface area contributed by atoms with Gasteiger partial charge in [0.05, 0.1) is 11.5 Å². The van der Waals surface area contributed by atoms with Gasteiger partial charge in [0.2, 0.25) is 10.0 Å². The first-order valence-electron chi connectivity index (χ1n) is 7.51. The molecule has 0 radical (unpaired) electrons. The van der Waals surface area contributed by atoms with Gasteiger partial charge in [-0.1, -0.05) is 6.92 Å². The zero-order chi connectivity index (χ0) is 15.0. The fraction of sp³-hybridized carbons (Fsp3) is 0.600. The van der Waals surface area contributed by atoms with Crippen LogP contribution in [0, 0.1) is 5.92 Å². The number of hydrogen-bond acceptors (Lipinski definition) is 4. The van der Waals surface area contributed by atoms with Crippen molar-refractivity contribution in [3.8, 4) is 5.75 Å². The summed E-state index contributed by atoms with van der Waals surface area (Å²) in [7, 11) is -3.48. The topological polar surface area (TPSA) is 72.6 Å². The average molecular weight is 347 g/mol. The number of halogens is 1. The van der Waals surface area contributed by atoms with Crippen LogP contribution in [0.15, 0.2) is 23.1 Å². The Morgan fingerprint density at radius 3 is 2.91 bits per heavy atom. The van der Waals surface area contributed by atoms with E-state index in [0.29, 0.717) is 30.5 Å². The van der Waals surface area contributed by atoms with Crippen LogP contribution in [0.2, 0.25) is 0 Å². The Morgan fingerprint density at radius 2 is 2.18 bits per heavy atom. The fourth-order valence-electron chi connectivity index (χ4n) is 3.32. The van der Waals surface area contributed by atoms with Crippen LogP contribution in [0.5, 0.6) is 5.75 Å². The summed E-state index contributed by atoms with van der Waals surface area (Å²) >= 11 is 0. The molecule has 1 fully saturated rings. The second kappa shape index (κ2) is 6.74. The Morgan fingerprint density at radius 1 is 1.41 bits per heavy atom. The number of piperidine rings is 1. The lowest BCUT2D eigenvalue weighted by Crippen LogP contribution is -2.51. The largest absolute Gasteiger partial charge is 0.493 e. The summed E-state index contributed by atoms with van der Waals surface area (Å²) in [6, 6.07) is 5.06. The first-order valence-corrected chi connectivity index (χ1v) is 8.95. The molecule has 1 saturated heterocycles. The van der Waals surface area contributed by atoms with Crippen LogP contribution in [0.4, 0.5) is 0 Å². The van der Waals surface area contributed by atoms with Crippen molar-refractivity contribution in [1.82, 2.24) is 4.31 Å². The molecule has 0 amide bonds. The third-order valence-electron chi connectivity index (χ3n) is 4.57. The predicted octanol–water partition coefficient (Wildman–Crippen LogP) is 1.79. The standard InChI is InChI=1S/C15H22N2O3S.ClH/c1-11-3-2-7-17(14(11)10-16)21(18,19)13-4-5-15-12(9-13)6-8-20-15;/h4-5,9,11,14H,2-3,6-8,10,16H2,1H3;1H. The molecule has 5 nitrogen and oxygen atoms in total. The van der Waals surface area contributed by atoms with E-state index in [-0.39, 0.29) is 18.4 Å². The fourth-order valence-corrected chi connectivity index (χ4v) is 5.14. The van der Waals surface area contributed by atoms with Crippen LogP contribution < -0.4 is 10.5 Å². The van der Waals surface area contributed by atoms with E-state index in [0.717, 1.165) is 30.6 Å². The van der Waals surface area contributed by atoms with Gasteiger partial charge in [-0.2, -0.15) is 4.31 Å². The molecule has 2 aliphatic heterocycles. The van der Waals surface area contributed by atoms with Gasteiger partial charge in [-0.3, -0.25) is 0 Å². The number of nitrogens with zero attached hydrogens (tertiary/aromatic N) is 1. The van der Waals surface area contributed by atoms with E-state index < -0.39 is 10.0 Å². The zero-order valence-electron chi connectivity index (χ0n) is 12.7. The van der Waals surface area contributed by atoms with Gasteiger partial charge in [0.25, 0.3) is 0 Å². The molecule has 1 aromatic rings. The molecule has 1 aromatic carbocycles. The molecule has 0 aromatic heterocycles. The zero-order valence-corrected chi connectivity index (χ0v) is 14.3. The van der Waals surface area contributed by atoms with Gasteiger partial charge in [0.15, 0.2) is 0 Å². The number of benzene rings is 1. The van der Waals surface area contributed by atoms with Crippen LogP contribution in [0.1, 0.15) is 25.3 Å². The highest BCUT2D eigenvalue weighted by molar-refractivity contribution is 7.89. The normalized spacial score (nSPS) is 25.2. The van der Waals surface area contributed by atoms with Gasteiger partial charge in [-0.15, -0.1) is 12.4 Å². The van der Waals surface area contributed by atoms with Gasteiger partial charge in [0.1, 0.15) is 5.75 Å². The van der Waals surface area contributed by atoms with Crippen molar-refractivity contribution in [2.24, 2.45) is 11.7 Å².